The molecule has 5 heteroatoms. The van der Waals surface area contributed by atoms with Crippen molar-refractivity contribution in [2.24, 2.45) is 0 Å². The molecule has 0 spiro atoms. The van der Waals surface area contributed by atoms with Crippen LogP contribution in [0.15, 0.2) is 84.9 Å². The number of imide groups is 1. The van der Waals surface area contributed by atoms with E-state index in [1.54, 1.807) is 0 Å². The van der Waals surface area contributed by atoms with Gasteiger partial charge in [-0.1, -0.05) is 72.8 Å². The third kappa shape index (κ3) is 5.51. The molecule has 0 unspecified atom stereocenters. The maximum atomic E-state index is 12.8. The van der Waals surface area contributed by atoms with Gasteiger partial charge in [0.2, 0.25) is 5.91 Å². The minimum atomic E-state index is -0.546. The molecule has 3 aromatic carbocycles. The fourth-order valence-corrected chi connectivity index (χ4v) is 3.67. The van der Waals surface area contributed by atoms with Crippen LogP contribution >= 0.6 is 0 Å². The number of amides is 2. The molecule has 0 aliphatic carbocycles. The van der Waals surface area contributed by atoms with Gasteiger partial charge in [0.25, 0.3) is 0 Å². The second-order valence-corrected chi connectivity index (χ2v) is 7.60. The molecule has 0 bridgehead atoms. The molecular formula is C26H25NO4. The van der Waals surface area contributed by atoms with E-state index in [1.807, 2.05) is 84.9 Å². The number of hydrogen-bond acceptors (Lipinski definition) is 4. The van der Waals surface area contributed by atoms with Crippen molar-refractivity contribution >= 4 is 12.0 Å². The van der Waals surface area contributed by atoms with Gasteiger partial charge in [0, 0.05) is 6.42 Å². The van der Waals surface area contributed by atoms with Crippen LogP contribution in [0.2, 0.25) is 0 Å². The molecule has 5 nitrogen and oxygen atoms in total. The fourth-order valence-electron chi connectivity index (χ4n) is 3.67. The summed E-state index contributed by atoms with van der Waals surface area (Å²) in [6.45, 7) is 0.755. The Labute approximate surface area is 182 Å². The van der Waals surface area contributed by atoms with Gasteiger partial charge < -0.3 is 9.47 Å². The number of carbonyl (C=O) groups excluding carboxylic acids is 2. The van der Waals surface area contributed by atoms with Crippen molar-refractivity contribution in [3.05, 3.63) is 102 Å². The van der Waals surface area contributed by atoms with E-state index in [-0.39, 0.29) is 25.0 Å². The topological polar surface area (TPSA) is 55.8 Å². The first-order valence-corrected chi connectivity index (χ1v) is 10.5. The van der Waals surface area contributed by atoms with Gasteiger partial charge in [-0.05, 0) is 41.7 Å². The first-order chi connectivity index (χ1) is 15.2. The maximum Gasteiger partial charge on any atom is 0.416 e. The van der Waals surface area contributed by atoms with Gasteiger partial charge in [-0.3, -0.25) is 4.79 Å². The number of ether oxygens (including phenoxy) is 2. The summed E-state index contributed by atoms with van der Waals surface area (Å²) in [5.74, 6) is 0.581. The lowest BCUT2D eigenvalue weighted by atomic mass is 10.0. The molecular weight excluding hydrogens is 390 g/mol. The van der Waals surface area contributed by atoms with Crippen LogP contribution in [0.3, 0.4) is 0 Å². The van der Waals surface area contributed by atoms with Crippen LogP contribution in [-0.4, -0.2) is 29.5 Å². The molecule has 1 aliphatic rings. The van der Waals surface area contributed by atoms with Crippen molar-refractivity contribution in [2.45, 2.75) is 31.9 Å². The molecule has 1 aliphatic heterocycles. The number of carbonyl (C=O) groups is 2. The zero-order valence-electron chi connectivity index (χ0n) is 17.3. The Hall–Kier alpha value is -3.60. The van der Waals surface area contributed by atoms with E-state index in [0.29, 0.717) is 19.4 Å². The Morgan fingerprint density at radius 1 is 0.871 bits per heavy atom. The van der Waals surface area contributed by atoms with E-state index in [1.165, 1.54) is 4.90 Å². The van der Waals surface area contributed by atoms with Crippen LogP contribution in [-0.2, 0) is 29.0 Å². The van der Waals surface area contributed by atoms with Crippen molar-refractivity contribution in [3.63, 3.8) is 0 Å². The molecule has 2 amide bonds. The highest BCUT2D eigenvalue weighted by Crippen LogP contribution is 2.20. The number of hydrogen-bond donors (Lipinski definition) is 0. The van der Waals surface area contributed by atoms with Gasteiger partial charge in [0.05, 0.1) is 6.04 Å². The summed E-state index contributed by atoms with van der Waals surface area (Å²) in [7, 11) is 0. The van der Waals surface area contributed by atoms with E-state index in [2.05, 4.69) is 0 Å². The predicted molar refractivity (Wildman–Crippen MR) is 118 cm³/mol. The van der Waals surface area contributed by atoms with Crippen LogP contribution in [0.25, 0.3) is 0 Å². The molecule has 1 atom stereocenters. The van der Waals surface area contributed by atoms with Gasteiger partial charge in [-0.2, -0.15) is 0 Å². The summed E-state index contributed by atoms with van der Waals surface area (Å²) >= 11 is 0. The van der Waals surface area contributed by atoms with Crippen molar-refractivity contribution in [1.29, 1.82) is 0 Å². The zero-order valence-corrected chi connectivity index (χ0v) is 17.3. The quantitative estimate of drug-likeness (QED) is 0.531. The summed E-state index contributed by atoms with van der Waals surface area (Å²) in [6.07, 6.45) is 0.867. The SMILES string of the molecule is O=C(CCc1ccc(OCc2ccccc2)cc1)N1C(=O)OC[C@H]1Cc1ccccc1. The first kappa shape index (κ1) is 20.7. The van der Waals surface area contributed by atoms with E-state index < -0.39 is 6.09 Å². The normalized spacial score (nSPS) is 15.5. The lowest BCUT2D eigenvalue weighted by molar-refractivity contribution is -0.129. The standard InChI is InChI=1S/C26H25NO4/c28-25(27-23(19-31-26(27)29)17-21-7-3-1-4-8-21)16-13-20-11-14-24(15-12-20)30-18-22-9-5-2-6-10-22/h1-12,14-15,23H,13,16-19H2/t23-/m1/s1. The second kappa shape index (κ2) is 9.94. The van der Waals surface area contributed by atoms with Crippen LogP contribution in [0.1, 0.15) is 23.1 Å². The zero-order chi connectivity index (χ0) is 21.5. The van der Waals surface area contributed by atoms with Gasteiger partial charge in [-0.15, -0.1) is 0 Å². The smallest absolute Gasteiger partial charge is 0.416 e. The van der Waals surface area contributed by atoms with E-state index in [4.69, 9.17) is 9.47 Å². The molecule has 4 rings (SSSR count). The molecule has 31 heavy (non-hydrogen) atoms. The number of aryl methyl sites for hydroxylation is 1. The van der Waals surface area contributed by atoms with E-state index >= 15 is 0 Å². The Balaban J connectivity index is 1.29. The molecule has 1 fully saturated rings. The highest BCUT2D eigenvalue weighted by atomic mass is 16.6. The van der Waals surface area contributed by atoms with Gasteiger partial charge in [0.1, 0.15) is 19.0 Å². The van der Waals surface area contributed by atoms with E-state index in [9.17, 15) is 9.59 Å². The average molecular weight is 415 g/mol. The molecule has 0 N–H and O–H groups in total. The largest absolute Gasteiger partial charge is 0.489 e. The molecule has 0 saturated carbocycles. The van der Waals surface area contributed by atoms with Crippen LogP contribution in [0.4, 0.5) is 4.79 Å². The third-order valence-corrected chi connectivity index (χ3v) is 5.34. The highest BCUT2D eigenvalue weighted by molar-refractivity contribution is 5.93. The Morgan fingerprint density at radius 3 is 2.19 bits per heavy atom. The summed E-state index contributed by atoms with van der Waals surface area (Å²) in [5.41, 5.74) is 3.21. The number of nitrogens with zero attached hydrogens (tertiary/aromatic N) is 1. The lowest BCUT2D eigenvalue weighted by Gasteiger charge is -2.19. The fraction of sp³-hybridized carbons (Fsp3) is 0.231. The monoisotopic (exact) mass is 415 g/mol. The van der Waals surface area contributed by atoms with Gasteiger partial charge in [-0.25, -0.2) is 9.69 Å². The predicted octanol–water partition coefficient (Wildman–Crippen LogP) is 4.79. The number of benzene rings is 3. The maximum absolute atomic E-state index is 12.8. The Kier molecular flexibility index (Phi) is 6.62. The third-order valence-electron chi connectivity index (χ3n) is 5.34. The minimum absolute atomic E-state index is 0.201. The molecule has 1 heterocycles. The summed E-state index contributed by atoms with van der Waals surface area (Å²) in [5, 5.41) is 0. The van der Waals surface area contributed by atoms with Crippen LogP contribution in [0, 0.1) is 0 Å². The van der Waals surface area contributed by atoms with Crippen molar-refractivity contribution in [2.75, 3.05) is 6.61 Å². The summed E-state index contributed by atoms with van der Waals surface area (Å²) < 4.78 is 11.0. The van der Waals surface area contributed by atoms with Crippen molar-refractivity contribution < 1.29 is 19.1 Å². The first-order valence-electron chi connectivity index (χ1n) is 10.5. The number of rotatable bonds is 8. The molecule has 1 saturated heterocycles. The molecule has 0 radical (unpaired) electrons. The average Bonchev–Trinajstić information content (AvgIpc) is 3.18. The number of cyclic esters (lactones) is 1. The highest BCUT2D eigenvalue weighted by Gasteiger charge is 2.37. The molecule has 3 aromatic rings. The van der Waals surface area contributed by atoms with Crippen molar-refractivity contribution in [3.8, 4) is 5.75 Å². The van der Waals surface area contributed by atoms with Crippen LogP contribution < -0.4 is 4.74 Å². The second-order valence-electron chi connectivity index (χ2n) is 7.60. The van der Waals surface area contributed by atoms with Gasteiger partial charge in [0.15, 0.2) is 0 Å². The summed E-state index contributed by atoms with van der Waals surface area (Å²) in [6, 6.07) is 27.3. The van der Waals surface area contributed by atoms with Crippen LogP contribution in [0.5, 0.6) is 5.75 Å². The lowest BCUT2D eigenvalue weighted by Crippen LogP contribution is -2.40. The van der Waals surface area contributed by atoms with Crippen molar-refractivity contribution in [1.82, 2.24) is 4.90 Å². The minimum Gasteiger partial charge on any atom is -0.489 e. The van der Waals surface area contributed by atoms with E-state index in [0.717, 1.165) is 22.4 Å². The Morgan fingerprint density at radius 2 is 1.52 bits per heavy atom. The van der Waals surface area contributed by atoms with Gasteiger partial charge >= 0.3 is 6.09 Å². The molecule has 158 valence electrons. The Bertz CT molecular complexity index is 1000. The molecule has 0 aromatic heterocycles. The summed E-state index contributed by atoms with van der Waals surface area (Å²) in [4.78, 5) is 26.2.